The number of carboxylic acid groups (broad SMARTS) is 1. The molecule has 3 aromatic heterocycles. The van der Waals surface area contributed by atoms with Crippen LogP contribution in [0.1, 0.15) is 12.8 Å². The van der Waals surface area contributed by atoms with E-state index >= 15 is 0 Å². The molecule has 1 aliphatic heterocycles. The summed E-state index contributed by atoms with van der Waals surface area (Å²) in [5.74, 6) is -1.06. The summed E-state index contributed by atoms with van der Waals surface area (Å²) in [6.45, 7) is 1.27. The van der Waals surface area contributed by atoms with Gasteiger partial charge in [-0.1, -0.05) is 6.07 Å². The molecule has 0 saturated carbocycles. The van der Waals surface area contributed by atoms with Gasteiger partial charge in [-0.05, 0) is 43.2 Å². The number of nitrogens with one attached hydrogen (secondary N) is 2. The van der Waals surface area contributed by atoms with Crippen LogP contribution in [0.25, 0.3) is 16.8 Å². The highest BCUT2D eigenvalue weighted by molar-refractivity contribution is 5.74. The Balaban J connectivity index is 1.47. The van der Waals surface area contributed by atoms with Crippen LogP contribution < -0.4 is 15.5 Å². The van der Waals surface area contributed by atoms with Crippen molar-refractivity contribution in [3.63, 3.8) is 0 Å². The molecule has 1 fully saturated rings. The lowest BCUT2D eigenvalue weighted by molar-refractivity contribution is 0.188. The van der Waals surface area contributed by atoms with Crippen LogP contribution >= 0.6 is 0 Å². The van der Waals surface area contributed by atoms with E-state index in [0.29, 0.717) is 23.7 Å². The van der Waals surface area contributed by atoms with E-state index < -0.39 is 17.7 Å². The van der Waals surface area contributed by atoms with Crippen LogP contribution in [0.4, 0.5) is 30.9 Å². The summed E-state index contributed by atoms with van der Waals surface area (Å²) in [7, 11) is 0. The first kappa shape index (κ1) is 21.6. The predicted octanol–water partition coefficient (Wildman–Crippen LogP) is 4.05. The smallest absolute Gasteiger partial charge is 0.404 e. The van der Waals surface area contributed by atoms with Crippen molar-refractivity contribution < 1.29 is 18.7 Å². The number of rotatable bonds is 5. The van der Waals surface area contributed by atoms with Crippen molar-refractivity contribution in [3.05, 3.63) is 66.6 Å². The Morgan fingerprint density at radius 2 is 1.94 bits per heavy atom. The molecule has 5 rings (SSSR count). The Hall–Kier alpha value is -4.28. The molecular formula is C23H21F2N7O2. The highest BCUT2D eigenvalue weighted by Crippen LogP contribution is 2.31. The number of benzene rings is 1. The van der Waals surface area contributed by atoms with E-state index in [-0.39, 0.29) is 17.3 Å². The topological polar surface area (TPSA) is 108 Å². The van der Waals surface area contributed by atoms with Gasteiger partial charge >= 0.3 is 6.09 Å². The highest BCUT2D eigenvalue weighted by atomic mass is 19.1. The van der Waals surface area contributed by atoms with Crippen LogP contribution in [0.2, 0.25) is 0 Å². The summed E-state index contributed by atoms with van der Waals surface area (Å²) in [6.07, 6.45) is 5.46. The van der Waals surface area contributed by atoms with Crippen molar-refractivity contribution >= 4 is 28.9 Å². The zero-order chi connectivity index (χ0) is 23.7. The summed E-state index contributed by atoms with van der Waals surface area (Å²) in [4.78, 5) is 21.7. The fourth-order valence-electron chi connectivity index (χ4n) is 4.21. The molecule has 1 aromatic carbocycles. The van der Waals surface area contributed by atoms with Gasteiger partial charge in [-0.25, -0.2) is 18.6 Å². The maximum absolute atomic E-state index is 14.3. The first-order valence-corrected chi connectivity index (χ1v) is 10.7. The number of fused-ring (bicyclic) bond motifs is 1. The van der Waals surface area contributed by atoms with Crippen LogP contribution in [0.3, 0.4) is 0 Å². The Morgan fingerprint density at radius 3 is 2.74 bits per heavy atom. The maximum Gasteiger partial charge on any atom is 0.404 e. The largest absolute Gasteiger partial charge is 0.465 e. The number of anilines is 3. The van der Waals surface area contributed by atoms with Gasteiger partial charge in [0.15, 0.2) is 0 Å². The van der Waals surface area contributed by atoms with E-state index in [1.54, 1.807) is 30.7 Å². The molecule has 34 heavy (non-hydrogen) atoms. The van der Waals surface area contributed by atoms with Gasteiger partial charge in [-0.15, -0.1) is 0 Å². The van der Waals surface area contributed by atoms with Crippen molar-refractivity contribution in [2.45, 2.75) is 18.9 Å². The van der Waals surface area contributed by atoms with Gasteiger partial charge < -0.3 is 20.6 Å². The molecule has 0 aliphatic carbocycles. The van der Waals surface area contributed by atoms with E-state index in [4.69, 9.17) is 5.11 Å². The summed E-state index contributed by atoms with van der Waals surface area (Å²) < 4.78 is 30.1. The summed E-state index contributed by atoms with van der Waals surface area (Å²) in [6, 6.07) is 8.56. The van der Waals surface area contributed by atoms with Crippen LogP contribution in [0.15, 0.2) is 55.0 Å². The van der Waals surface area contributed by atoms with Crippen molar-refractivity contribution in [2.24, 2.45) is 0 Å². The lowest BCUT2D eigenvalue weighted by Crippen LogP contribution is -2.47. The van der Waals surface area contributed by atoms with Gasteiger partial charge in [0.2, 0.25) is 5.95 Å². The minimum Gasteiger partial charge on any atom is -0.465 e. The number of nitrogens with zero attached hydrogens (tertiary/aromatic N) is 5. The molecule has 11 heteroatoms. The molecule has 3 N–H and O–H groups in total. The number of hydrogen-bond acceptors (Lipinski definition) is 6. The molecule has 0 spiro atoms. The minimum absolute atomic E-state index is 0.133. The average Bonchev–Trinajstić information content (AvgIpc) is 3.21. The molecule has 1 aliphatic rings. The number of carbonyl (C=O) groups is 1. The monoisotopic (exact) mass is 465 g/mol. The lowest BCUT2D eigenvalue weighted by Gasteiger charge is -2.35. The molecule has 4 aromatic rings. The Morgan fingerprint density at radius 1 is 1.12 bits per heavy atom. The standard InChI is InChI=1S/C23H21F2N7O2/c24-16-4-1-5-17(25)21(16)18-7-6-15-11-27-22(32(15)30-18)29-19-12-26-9-8-20(19)31-10-2-3-14(13-31)28-23(33)34/h1,4-9,11-12,14,28H,2-3,10,13H2,(H,27,29)(H,33,34). The molecule has 0 radical (unpaired) electrons. The van der Waals surface area contributed by atoms with Crippen molar-refractivity contribution in [1.29, 1.82) is 0 Å². The number of piperidine rings is 1. The molecule has 1 unspecified atom stereocenters. The van der Waals surface area contributed by atoms with Crippen LogP contribution in [0.5, 0.6) is 0 Å². The molecule has 1 atom stereocenters. The molecule has 9 nitrogen and oxygen atoms in total. The second kappa shape index (κ2) is 8.93. The zero-order valence-corrected chi connectivity index (χ0v) is 17.9. The molecule has 1 amide bonds. The summed E-state index contributed by atoms with van der Waals surface area (Å²) >= 11 is 0. The van der Waals surface area contributed by atoms with Gasteiger partial charge in [0.1, 0.15) is 11.6 Å². The summed E-state index contributed by atoms with van der Waals surface area (Å²) in [5, 5.41) is 19.3. The minimum atomic E-state index is -1.04. The number of pyridine rings is 1. The Kier molecular flexibility index (Phi) is 5.66. The van der Waals surface area contributed by atoms with Crippen LogP contribution in [-0.2, 0) is 0 Å². The number of imidazole rings is 1. The SMILES string of the molecule is O=C(O)NC1CCCN(c2ccncc2Nc2ncc3ccc(-c4c(F)cccc4F)nn23)C1. The Labute approximate surface area is 193 Å². The third kappa shape index (κ3) is 4.19. The van der Waals surface area contributed by atoms with Gasteiger partial charge in [0.05, 0.1) is 40.5 Å². The first-order chi connectivity index (χ1) is 16.5. The van der Waals surface area contributed by atoms with Crippen molar-refractivity contribution in [3.8, 4) is 11.3 Å². The first-order valence-electron chi connectivity index (χ1n) is 10.7. The van der Waals surface area contributed by atoms with Gasteiger partial charge in [0.25, 0.3) is 0 Å². The molecule has 174 valence electrons. The number of halogens is 2. The van der Waals surface area contributed by atoms with E-state index in [1.807, 2.05) is 6.07 Å². The second-order valence-electron chi connectivity index (χ2n) is 7.99. The Bertz CT molecular complexity index is 1340. The molecule has 4 heterocycles. The second-order valence-corrected chi connectivity index (χ2v) is 7.99. The van der Waals surface area contributed by atoms with E-state index in [2.05, 4.69) is 30.6 Å². The summed E-state index contributed by atoms with van der Waals surface area (Å²) in [5.41, 5.74) is 2.04. The number of hydrogen-bond donors (Lipinski definition) is 3. The normalized spacial score (nSPS) is 15.9. The van der Waals surface area contributed by atoms with Gasteiger partial charge in [-0.3, -0.25) is 4.98 Å². The van der Waals surface area contributed by atoms with Gasteiger partial charge in [-0.2, -0.15) is 9.61 Å². The molecule has 0 bridgehead atoms. The maximum atomic E-state index is 14.3. The van der Waals surface area contributed by atoms with E-state index in [9.17, 15) is 13.6 Å². The molecule has 1 saturated heterocycles. The fraction of sp³-hybridized carbons (Fsp3) is 0.217. The molecular weight excluding hydrogens is 444 g/mol. The van der Waals surface area contributed by atoms with Crippen molar-refractivity contribution in [2.75, 3.05) is 23.3 Å². The quantitative estimate of drug-likeness (QED) is 0.408. The lowest BCUT2D eigenvalue weighted by atomic mass is 10.1. The van der Waals surface area contributed by atoms with Crippen LogP contribution in [0, 0.1) is 11.6 Å². The highest BCUT2D eigenvalue weighted by Gasteiger charge is 2.23. The number of aromatic nitrogens is 4. The van der Waals surface area contributed by atoms with Crippen molar-refractivity contribution in [1.82, 2.24) is 24.9 Å². The van der Waals surface area contributed by atoms with E-state index in [1.165, 1.54) is 22.7 Å². The number of amides is 1. The van der Waals surface area contributed by atoms with Crippen LogP contribution in [-0.4, -0.2) is 49.9 Å². The fourth-order valence-corrected chi connectivity index (χ4v) is 4.21. The third-order valence-electron chi connectivity index (χ3n) is 5.74. The van der Waals surface area contributed by atoms with Gasteiger partial charge in [0, 0.05) is 25.3 Å². The zero-order valence-electron chi connectivity index (χ0n) is 17.9. The average molecular weight is 465 g/mol. The predicted molar refractivity (Wildman–Crippen MR) is 122 cm³/mol. The van der Waals surface area contributed by atoms with E-state index in [0.717, 1.165) is 25.1 Å². The third-order valence-corrected chi connectivity index (χ3v) is 5.74.